The van der Waals surface area contributed by atoms with Crippen LogP contribution in [0, 0.1) is 13.0 Å². The van der Waals surface area contributed by atoms with E-state index in [4.69, 9.17) is 4.43 Å². The lowest BCUT2D eigenvalue weighted by Gasteiger charge is -2.35. The molecule has 20 heavy (non-hydrogen) atoms. The lowest BCUT2D eigenvalue weighted by Crippen LogP contribution is -2.39. The van der Waals surface area contributed by atoms with Gasteiger partial charge in [-0.1, -0.05) is 72.6 Å². The third-order valence-corrected chi connectivity index (χ3v) is 8.80. The van der Waals surface area contributed by atoms with E-state index in [1.807, 2.05) is 0 Å². The van der Waals surface area contributed by atoms with Crippen LogP contribution in [0.15, 0.2) is 0 Å². The minimum Gasteiger partial charge on any atom is -0.411 e. The van der Waals surface area contributed by atoms with Crippen molar-refractivity contribution in [2.24, 2.45) is 0 Å². The summed E-state index contributed by atoms with van der Waals surface area (Å²) < 4.78 is 6.06. The van der Waals surface area contributed by atoms with Crippen molar-refractivity contribution in [3.05, 3.63) is 13.0 Å². The van der Waals surface area contributed by atoms with Crippen molar-refractivity contribution in [2.45, 2.75) is 104 Å². The molecule has 0 heterocycles. The van der Waals surface area contributed by atoms with E-state index in [-0.39, 0.29) is 0 Å². The van der Waals surface area contributed by atoms with Crippen molar-refractivity contribution in [3.63, 3.8) is 0 Å². The van der Waals surface area contributed by atoms with Crippen LogP contribution in [0.25, 0.3) is 0 Å². The Morgan fingerprint density at radius 3 is 2.05 bits per heavy atom. The number of hydrogen-bond donors (Lipinski definition) is 0. The van der Waals surface area contributed by atoms with E-state index in [2.05, 4.69) is 53.8 Å². The van der Waals surface area contributed by atoms with Crippen molar-refractivity contribution in [2.75, 3.05) is 0 Å². The Bertz CT molecular complexity index is 218. The van der Waals surface area contributed by atoms with Crippen LogP contribution in [0.5, 0.6) is 0 Å². The summed E-state index contributed by atoms with van der Waals surface area (Å²) in [7, 11) is -1.57. The lowest BCUT2D eigenvalue weighted by atomic mass is 10.1. The van der Waals surface area contributed by atoms with E-state index in [9.17, 15) is 0 Å². The van der Waals surface area contributed by atoms with Gasteiger partial charge in [0.2, 0.25) is 0 Å². The molecule has 0 spiro atoms. The minimum atomic E-state index is -1.57. The second kappa shape index (κ2) is 10.8. The maximum atomic E-state index is 6.06. The van der Waals surface area contributed by atoms with Gasteiger partial charge >= 0.3 is 0 Å². The van der Waals surface area contributed by atoms with Crippen molar-refractivity contribution < 1.29 is 4.43 Å². The van der Waals surface area contributed by atoms with Crippen LogP contribution in [0.3, 0.4) is 0 Å². The van der Waals surface area contributed by atoms with Gasteiger partial charge in [0, 0.05) is 0 Å². The molecule has 0 aliphatic heterocycles. The molecular weight excluding hydrogens is 260 g/mol. The van der Waals surface area contributed by atoms with Gasteiger partial charge < -0.3 is 4.43 Å². The minimum absolute atomic E-state index is 0.311. The molecule has 0 fully saturated rings. The average Bonchev–Trinajstić information content (AvgIpc) is 2.34. The highest BCUT2D eigenvalue weighted by Gasteiger charge is 2.36. The third kappa shape index (κ3) is 9.98. The fourth-order valence-electron chi connectivity index (χ4n) is 1.84. The van der Waals surface area contributed by atoms with Crippen LogP contribution >= 0.6 is 0 Å². The van der Waals surface area contributed by atoms with E-state index >= 15 is 0 Å². The quantitative estimate of drug-likeness (QED) is 0.281. The second-order valence-corrected chi connectivity index (χ2v) is 12.2. The molecule has 0 atom stereocenters. The Morgan fingerprint density at radius 1 is 0.850 bits per heavy atom. The zero-order valence-corrected chi connectivity index (χ0v) is 15.9. The van der Waals surface area contributed by atoms with Crippen LogP contribution in [-0.2, 0) is 4.43 Å². The van der Waals surface area contributed by atoms with Crippen LogP contribution in [0.1, 0.15) is 85.5 Å². The maximum absolute atomic E-state index is 6.06. The predicted molar refractivity (Wildman–Crippen MR) is 94.1 cm³/mol. The van der Waals surface area contributed by atoms with Gasteiger partial charge in [0.1, 0.15) is 0 Å². The molecule has 120 valence electrons. The first-order valence-corrected chi connectivity index (χ1v) is 11.5. The number of rotatable bonds is 12. The summed E-state index contributed by atoms with van der Waals surface area (Å²) in [5, 5.41) is 0.311. The summed E-state index contributed by atoms with van der Waals surface area (Å²) in [4.78, 5) is 0. The zero-order chi connectivity index (χ0) is 15.5. The molecule has 0 amide bonds. The Hall–Kier alpha value is 0.177. The first kappa shape index (κ1) is 20.2. The fourth-order valence-corrected chi connectivity index (χ4v) is 2.73. The highest BCUT2D eigenvalue weighted by Crippen LogP contribution is 2.37. The second-order valence-electron chi connectivity index (χ2n) is 7.47. The van der Waals surface area contributed by atoms with E-state index in [1.165, 1.54) is 51.4 Å². The van der Waals surface area contributed by atoms with Gasteiger partial charge in [-0.2, -0.15) is 0 Å². The molecule has 0 aliphatic carbocycles. The van der Waals surface area contributed by atoms with Gasteiger partial charge in [0.25, 0.3) is 0 Å². The number of hydrogen-bond acceptors (Lipinski definition) is 1. The SMILES string of the molecule is CCCCCCCC[CH]CC[CH]O[Si](C)(C)C(C)(C)C. The highest BCUT2D eigenvalue weighted by atomic mass is 28.4. The first-order valence-electron chi connectivity index (χ1n) is 8.62. The van der Waals surface area contributed by atoms with E-state index < -0.39 is 8.32 Å². The molecule has 0 saturated carbocycles. The molecule has 0 rings (SSSR count). The van der Waals surface area contributed by atoms with Crippen molar-refractivity contribution in [1.82, 2.24) is 0 Å². The van der Waals surface area contributed by atoms with Crippen molar-refractivity contribution >= 4 is 8.32 Å². The van der Waals surface area contributed by atoms with Crippen LogP contribution in [-0.4, -0.2) is 8.32 Å². The first-order chi connectivity index (χ1) is 9.31. The Labute approximate surface area is 130 Å². The molecule has 2 heteroatoms. The maximum Gasteiger partial charge on any atom is 0.192 e. The molecule has 0 N–H and O–H groups in total. The Morgan fingerprint density at radius 2 is 1.45 bits per heavy atom. The van der Waals surface area contributed by atoms with Gasteiger partial charge in [-0.25, -0.2) is 0 Å². The van der Waals surface area contributed by atoms with E-state index in [0.717, 1.165) is 6.42 Å². The molecule has 0 unspecified atom stereocenters. The third-order valence-electron chi connectivity index (χ3n) is 4.43. The summed E-state index contributed by atoms with van der Waals surface area (Å²) in [6, 6.07) is 0. The largest absolute Gasteiger partial charge is 0.411 e. The van der Waals surface area contributed by atoms with Crippen LogP contribution < -0.4 is 0 Å². The van der Waals surface area contributed by atoms with Gasteiger partial charge in [-0.05, 0) is 37.4 Å². The molecular formula is C18H38OSi. The molecule has 0 aliphatic rings. The van der Waals surface area contributed by atoms with E-state index in [0.29, 0.717) is 5.04 Å². The zero-order valence-electron chi connectivity index (χ0n) is 14.9. The fraction of sp³-hybridized carbons (Fsp3) is 0.889. The molecule has 0 bridgehead atoms. The molecule has 0 aromatic rings. The summed E-state index contributed by atoms with van der Waals surface area (Å²) in [6.07, 6.45) is 14.3. The van der Waals surface area contributed by atoms with E-state index in [1.54, 1.807) is 0 Å². The van der Waals surface area contributed by atoms with Crippen molar-refractivity contribution in [3.8, 4) is 0 Å². The average molecular weight is 299 g/mol. The van der Waals surface area contributed by atoms with Gasteiger partial charge in [0.05, 0.1) is 6.61 Å². The highest BCUT2D eigenvalue weighted by molar-refractivity contribution is 6.74. The molecule has 2 radical (unpaired) electrons. The smallest absolute Gasteiger partial charge is 0.192 e. The summed E-state index contributed by atoms with van der Waals surface area (Å²) in [6.45, 7) is 15.8. The Balaban J connectivity index is 3.33. The topological polar surface area (TPSA) is 9.23 Å². The van der Waals surface area contributed by atoms with Gasteiger partial charge in [0.15, 0.2) is 8.32 Å². The monoisotopic (exact) mass is 298 g/mol. The van der Waals surface area contributed by atoms with Crippen LogP contribution in [0.4, 0.5) is 0 Å². The molecule has 0 aromatic heterocycles. The van der Waals surface area contributed by atoms with Crippen LogP contribution in [0.2, 0.25) is 18.1 Å². The summed E-state index contributed by atoms with van der Waals surface area (Å²) in [5.41, 5.74) is 0. The normalized spacial score (nSPS) is 12.9. The molecule has 1 nitrogen and oxygen atoms in total. The summed E-state index contributed by atoms with van der Waals surface area (Å²) >= 11 is 0. The number of unbranched alkanes of at least 4 members (excludes halogenated alkanes) is 9. The lowest BCUT2D eigenvalue weighted by molar-refractivity contribution is 0.354. The van der Waals surface area contributed by atoms with Gasteiger partial charge in [-0.15, -0.1) is 0 Å². The standard InChI is InChI=1S/C18H38OSi/c1-7-8-9-10-11-12-13-14-15-16-17-19-20(5,6)18(2,3)4/h14,17H,7-13,15-16H2,1-6H3. The van der Waals surface area contributed by atoms with Gasteiger partial charge in [-0.3, -0.25) is 0 Å². The van der Waals surface area contributed by atoms with Crippen molar-refractivity contribution in [1.29, 1.82) is 0 Å². The molecule has 0 aromatic carbocycles. The summed E-state index contributed by atoms with van der Waals surface area (Å²) in [5.74, 6) is 0. The Kier molecular flexibility index (Phi) is 10.9. The predicted octanol–water partition coefficient (Wildman–Crippen LogP) is 6.91. The molecule has 0 saturated heterocycles.